The van der Waals surface area contributed by atoms with E-state index in [1.54, 1.807) is 0 Å². The average molecular weight is 805 g/mol. The van der Waals surface area contributed by atoms with Gasteiger partial charge in [0.15, 0.2) is 0 Å². The maximum absolute atomic E-state index is 6.37. The molecule has 0 saturated heterocycles. The standard InChI is InChI=1S/C60H40N2O/c1-2-14-41(15-3-1)46-18-13-19-50(39-46)61(56-24-8-4-20-51(56)47-32-37-55-54-23-7-11-27-59(54)63-60(55)40-47)48-33-28-42(29-34-48)44-16-12-17-45(38-44)43-30-35-49(36-31-43)62-57-25-9-5-21-52(57)53-22-6-10-26-58(53)62/h1-40H. The van der Waals surface area contributed by atoms with Crippen molar-refractivity contribution in [3.63, 3.8) is 0 Å². The predicted octanol–water partition coefficient (Wildman–Crippen LogP) is 16.8. The van der Waals surface area contributed by atoms with Crippen molar-refractivity contribution in [3.05, 3.63) is 243 Å². The van der Waals surface area contributed by atoms with Gasteiger partial charge in [0.05, 0.1) is 16.7 Å². The molecule has 0 N–H and O–H groups in total. The number of aromatic nitrogens is 1. The first-order chi connectivity index (χ1) is 31.2. The van der Waals surface area contributed by atoms with Crippen LogP contribution in [-0.4, -0.2) is 4.57 Å². The summed E-state index contributed by atoms with van der Waals surface area (Å²) < 4.78 is 8.74. The molecule has 0 aliphatic carbocycles. The van der Waals surface area contributed by atoms with E-state index >= 15 is 0 Å². The van der Waals surface area contributed by atoms with E-state index in [-0.39, 0.29) is 0 Å². The van der Waals surface area contributed by atoms with Gasteiger partial charge in [0.1, 0.15) is 11.2 Å². The number of nitrogens with zero attached hydrogens (tertiary/aromatic N) is 2. The third kappa shape index (κ3) is 6.46. The van der Waals surface area contributed by atoms with Crippen molar-refractivity contribution in [1.29, 1.82) is 0 Å². The molecule has 2 heterocycles. The summed E-state index contributed by atoms with van der Waals surface area (Å²) >= 11 is 0. The first-order valence-electron chi connectivity index (χ1n) is 21.5. The number of fused-ring (bicyclic) bond motifs is 6. The molecule has 296 valence electrons. The smallest absolute Gasteiger partial charge is 0.136 e. The van der Waals surface area contributed by atoms with Crippen LogP contribution in [0.2, 0.25) is 0 Å². The molecule has 0 atom stereocenters. The van der Waals surface area contributed by atoms with Crippen molar-refractivity contribution in [2.45, 2.75) is 0 Å². The van der Waals surface area contributed by atoms with Crippen LogP contribution in [0.15, 0.2) is 247 Å². The van der Waals surface area contributed by atoms with E-state index in [2.05, 4.69) is 240 Å². The molecule has 0 bridgehead atoms. The summed E-state index contributed by atoms with van der Waals surface area (Å²) in [5.74, 6) is 0. The van der Waals surface area contributed by atoms with E-state index in [9.17, 15) is 0 Å². The van der Waals surface area contributed by atoms with Crippen LogP contribution in [0.3, 0.4) is 0 Å². The third-order valence-electron chi connectivity index (χ3n) is 12.4. The Morgan fingerprint density at radius 3 is 1.56 bits per heavy atom. The predicted molar refractivity (Wildman–Crippen MR) is 264 cm³/mol. The molecule has 0 unspecified atom stereocenters. The molecule has 12 rings (SSSR count). The maximum atomic E-state index is 6.37. The minimum Gasteiger partial charge on any atom is -0.456 e. The van der Waals surface area contributed by atoms with E-state index in [0.717, 1.165) is 66.9 Å². The monoisotopic (exact) mass is 804 g/mol. The second-order valence-corrected chi connectivity index (χ2v) is 16.1. The molecule has 63 heavy (non-hydrogen) atoms. The first kappa shape index (κ1) is 36.5. The normalized spacial score (nSPS) is 11.5. The SMILES string of the molecule is c1ccc(-c2cccc(N(c3ccc(-c4cccc(-c5ccc(-n6c7ccccc7c7ccccc76)cc5)c4)cc3)c3ccccc3-c3ccc4c(c3)oc3ccccc34)c2)cc1. The van der Waals surface area contributed by atoms with Gasteiger partial charge in [-0.2, -0.15) is 0 Å². The van der Waals surface area contributed by atoms with Crippen molar-refractivity contribution in [1.82, 2.24) is 4.57 Å². The number of furan rings is 1. The van der Waals surface area contributed by atoms with E-state index < -0.39 is 0 Å². The van der Waals surface area contributed by atoms with E-state index in [1.807, 2.05) is 12.1 Å². The van der Waals surface area contributed by atoms with Gasteiger partial charge < -0.3 is 13.9 Å². The molecule has 0 radical (unpaired) electrons. The fourth-order valence-corrected chi connectivity index (χ4v) is 9.37. The van der Waals surface area contributed by atoms with Gasteiger partial charge in [-0.15, -0.1) is 0 Å². The number of anilines is 3. The van der Waals surface area contributed by atoms with Crippen LogP contribution in [-0.2, 0) is 0 Å². The molecule has 0 fully saturated rings. The van der Waals surface area contributed by atoms with Crippen molar-refractivity contribution >= 4 is 60.8 Å². The molecular weight excluding hydrogens is 765 g/mol. The highest BCUT2D eigenvalue weighted by Crippen LogP contribution is 2.44. The molecular formula is C60H40N2O. The average Bonchev–Trinajstić information content (AvgIpc) is 3.90. The summed E-state index contributed by atoms with van der Waals surface area (Å²) in [4.78, 5) is 2.38. The number of rotatable bonds is 8. The van der Waals surface area contributed by atoms with Crippen molar-refractivity contribution in [2.24, 2.45) is 0 Å². The van der Waals surface area contributed by atoms with Crippen LogP contribution in [0.1, 0.15) is 0 Å². The highest BCUT2D eigenvalue weighted by molar-refractivity contribution is 6.09. The fraction of sp³-hybridized carbons (Fsp3) is 0. The summed E-state index contributed by atoms with van der Waals surface area (Å²) in [5, 5.41) is 4.79. The third-order valence-corrected chi connectivity index (χ3v) is 12.4. The number of hydrogen-bond acceptors (Lipinski definition) is 2. The quantitative estimate of drug-likeness (QED) is 0.153. The minimum atomic E-state index is 0.881. The fourth-order valence-electron chi connectivity index (χ4n) is 9.37. The Hall–Kier alpha value is -8.40. The maximum Gasteiger partial charge on any atom is 0.136 e. The lowest BCUT2D eigenvalue weighted by molar-refractivity contribution is 0.669. The second kappa shape index (κ2) is 15.3. The molecule has 3 nitrogen and oxygen atoms in total. The molecule has 3 heteroatoms. The molecule has 0 spiro atoms. The first-order valence-corrected chi connectivity index (χ1v) is 21.5. The number of para-hydroxylation sites is 4. The molecule has 10 aromatic carbocycles. The minimum absolute atomic E-state index is 0.881. The highest BCUT2D eigenvalue weighted by atomic mass is 16.3. The van der Waals surface area contributed by atoms with Gasteiger partial charge in [-0.3, -0.25) is 0 Å². The number of hydrogen-bond donors (Lipinski definition) is 0. The van der Waals surface area contributed by atoms with Gasteiger partial charge in [-0.05, 0) is 118 Å². The van der Waals surface area contributed by atoms with E-state index in [0.29, 0.717) is 0 Å². The lowest BCUT2D eigenvalue weighted by atomic mass is 9.98. The van der Waals surface area contributed by atoms with Gasteiger partial charge in [0.2, 0.25) is 0 Å². The van der Waals surface area contributed by atoms with Crippen LogP contribution >= 0.6 is 0 Å². The highest BCUT2D eigenvalue weighted by Gasteiger charge is 2.19. The number of benzene rings is 10. The van der Waals surface area contributed by atoms with Crippen LogP contribution in [0.25, 0.3) is 93.9 Å². The zero-order valence-corrected chi connectivity index (χ0v) is 34.4. The zero-order chi connectivity index (χ0) is 41.7. The summed E-state index contributed by atoms with van der Waals surface area (Å²) in [5.41, 5.74) is 17.8. The molecule has 0 aliphatic rings. The Kier molecular flexibility index (Phi) is 8.83. The molecule has 0 amide bonds. The summed E-state index contributed by atoms with van der Waals surface area (Å²) in [6.45, 7) is 0. The van der Waals surface area contributed by atoms with E-state index in [1.165, 1.54) is 44.1 Å². The summed E-state index contributed by atoms with van der Waals surface area (Å²) in [6, 6.07) is 87.1. The summed E-state index contributed by atoms with van der Waals surface area (Å²) in [6.07, 6.45) is 0. The van der Waals surface area contributed by atoms with Gasteiger partial charge in [0.25, 0.3) is 0 Å². The van der Waals surface area contributed by atoms with E-state index in [4.69, 9.17) is 4.42 Å². The van der Waals surface area contributed by atoms with Gasteiger partial charge in [-0.25, -0.2) is 0 Å². The second-order valence-electron chi connectivity index (χ2n) is 16.1. The molecule has 0 saturated carbocycles. The Morgan fingerprint density at radius 2 is 0.825 bits per heavy atom. The lowest BCUT2D eigenvalue weighted by Crippen LogP contribution is -2.11. The Bertz CT molecular complexity index is 3560. The van der Waals surface area contributed by atoms with Crippen molar-refractivity contribution in [3.8, 4) is 50.2 Å². The molecule has 0 aliphatic heterocycles. The van der Waals surface area contributed by atoms with Gasteiger partial charge in [-0.1, -0.05) is 164 Å². The molecule has 12 aromatic rings. The Morgan fingerprint density at radius 1 is 0.302 bits per heavy atom. The van der Waals surface area contributed by atoms with Gasteiger partial charge in [0, 0.05) is 44.2 Å². The lowest BCUT2D eigenvalue weighted by Gasteiger charge is -2.28. The van der Waals surface area contributed by atoms with Gasteiger partial charge >= 0.3 is 0 Å². The Labute approximate surface area is 366 Å². The van der Waals surface area contributed by atoms with Crippen molar-refractivity contribution in [2.75, 3.05) is 4.90 Å². The van der Waals surface area contributed by atoms with Crippen molar-refractivity contribution < 1.29 is 4.42 Å². The zero-order valence-electron chi connectivity index (χ0n) is 34.4. The van der Waals surface area contributed by atoms with Crippen LogP contribution in [0.4, 0.5) is 17.1 Å². The van der Waals surface area contributed by atoms with Crippen LogP contribution in [0.5, 0.6) is 0 Å². The summed E-state index contributed by atoms with van der Waals surface area (Å²) in [7, 11) is 0. The van der Waals surface area contributed by atoms with Crippen LogP contribution in [0, 0.1) is 0 Å². The Balaban J connectivity index is 0.912. The molecule has 2 aromatic heterocycles. The largest absolute Gasteiger partial charge is 0.456 e. The van der Waals surface area contributed by atoms with Crippen LogP contribution < -0.4 is 4.90 Å². The topological polar surface area (TPSA) is 21.3 Å².